The molecule has 1 saturated carbocycles. The standard InChI is InChI=1S/C42H36.Na.Ni/c1-7-19-31(20-8-1)37-38(32-21-9-2-10-22-32)40(34-25-13-4-14-26-34)42(36-29-17-6-18-30-36)41(35-27-15-5-16-28-35)39(37)33-23-11-3-12-24-33;;/h1-30,37-42H;;. The molecular formula is C42H36NaNi. The average molecular weight is 622 g/mol. The Labute approximate surface area is 294 Å². The molecule has 215 valence electrons. The summed E-state index contributed by atoms with van der Waals surface area (Å²) in [6.45, 7) is 0. The first-order valence-corrected chi connectivity index (χ1v) is 15.2. The van der Waals surface area contributed by atoms with Crippen molar-refractivity contribution in [1.82, 2.24) is 0 Å². The summed E-state index contributed by atoms with van der Waals surface area (Å²) >= 11 is 0. The molecule has 0 aliphatic heterocycles. The van der Waals surface area contributed by atoms with Crippen LogP contribution >= 0.6 is 0 Å². The Morgan fingerprint density at radius 1 is 0.205 bits per heavy atom. The molecule has 0 heterocycles. The van der Waals surface area contributed by atoms with E-state index >= 15 is 0 Å². The number of rotatable bonds is 6. The molecule has 6 aromatic carbocycles. The van der Waals surface area contributed by atoms with E-state index in [0.29, 0.717) is 0 Å². The Balaban J connectivity index is 0.00000192. The van der Waals surface area contributed by atoms with Crippen molar-refractivity contribution in [1.29, 1.82) is 0 Å². The van der Waals surface area contributed by atoms with E-state index in [1.54, 1.807) is 0 Å². The van der Waals surface area contributed by atoms with Gasteiger partial charge < -0.3 is 0 Å². The van der Waals surface area contributed by atoms with Gasteiger partial charge in [0.15, 0.2) is 0 Å². The molecule has 0 amide bonds. The normalized spacial score (nSPS) is 22.6. The molecule has 1 aliphatic rings. The molecule has 0 saturated heterocycles. The zero-order valence-electron chi connectivity index (χ0n) is 25.1. The van der Waals surface area contributed by atoms with Crippen LogP contribution in [0.1, 0.15) is 68.9 Å². The Hall–Kier alpha value is -3.19. The Morgan fingerprint density at radius 3 is 0.432 bits per heavy atom. The summed E-state index contributed by atoms with van der Waals surface area (Å²) in [5, 5.41) is 0. The van der Waals surface area contributed by atoms with Crippen LogP contribution in [0.15, 0.2) is 182 Å². The van der Waals surface area contributed by atoms with Gasteiger partial charge in [-0.1, -0.05) is 182 Å². The molecule has 1 radical (unpaired) electrons. The van der Waals surface area contributed by atoms with Crippen molar-refractivity contribution in [2.75, 3.05) is 0 Å². The topological polar surface area (TPSA) is 0 Å². The maximum Gasteiger partial charge on any atom is 0 e. The smallest absolute Gasteiger partial charge is 0 e. The maximum absolute atomic E-state index is 2.36. The summed E-state index contributed by atoms with van der Waals surface area (Å²) in [7, 11) is 0. The molecular weight excluding hydrogens is 586 g/mol. The fourth-order valence-corrected chi connectivity index (χ4v) is 7.88. The minimum atomic E-state index is 0. The first-order chi connectivity index (χ1) is 20.9. The molecule has 0 atom stereocenters. The summed E-state index contributed by atoms with van der Waals surface area (Å²) in [5.41, 5.74) is 8.46. The second-order valence-electron chi connectivity index (χ2n) is 11.6. The molecule has 7 rings (SSSR count). The second kappa shape index (κ2) is 15.2. The van der Waals surface area contributed by atoms with Gasteiger partial charge in [0.2, 0.25) is 0 Å². The van der Waals surface area contributed by atoms with Crippen LogP contribution in [0.3, 0.4) is 0 Å². The molecule has 1 fully saturated rings. The fraction of sp³-hybridized carbons (Fsp3) is 0.143. The largest absolute Gasteiger partial charge is 0.0622 e. The molecule has 2 heteroatoms. The summed E-state index contributed by atoms with van der Waals surface area (Å²) in [5.74, 6) is 1.62. The van der Waals surface area contributed by atoms with Crippen LogP contribution in [0.5, 0.6) is 0 Å². The zero-order chi connectivity index (χ0) is 28.1. The van der Waals surface area contributed by atoms with Gasteiger partial charge in [-0.3, -0.25) is 0 Å². The Morgan fingerprint density at radius 2 is 0.318 bits per heavy atom. The van der Waals surface area contributed by atoms with Gasteiger partial charge in [-0.25, -0.2) is 0 Å². The molecule has 0 unspecified atom stereocenters. The summed E-state index contributed by atoms with van der Waals surface area (Å²) in [6.07, 6.45) is 0. The van der Waals surface area contributed by atoms with Gasteiger partial charge in [-0.05, 0) is 68.9 Å². The molecule has 0 N–H and O–H groups in total. The number of benzene rings is 6. The third-order valence-corrected chi connectivity index (χ3v) is 9.43. The molecule has 0 spiro atoms. The molecule has 0 bridgehead atoms. The Bertz CT molecular complexity index is 1330. The molecule has 6 aromatic rings. The van der Waals surface area contributed by atoms with Crippen LogP contribution in [0, 0.1) is 0 Å². The summed E-state index contributed by atoms with van der Waals surface area (Å²) < 4.78 is 0. The van der Waals surface area contributed by atoms with E-state index in [0.717, 1.165) is 0 Å². The summed E-state index contributed by atoms with van der Waals surface area (Å²) in [4.78, 5) is 0. The van der Waals surface area contributed by atoms with Crippen molar-refractivity contribution in [2.45, 2.75) is 35.5 Å². The first-order valence-electron chi connectivity index (χ1n) is 15.2. The minimum absolute atomic E-state index is 0. The van der Waals surface area contributed by atoms with Gasteiger partial charge in [0.05, 0.1) is 0 Å². The van der Waals surface area contributed by atoms with Crippen LogP contribution in [0.25, 0.3) is 0 Å². The molecule has 0 aromatic heterocycles. The van der Waals surface area contributed by atoms with E-state index < -0.39 is 0 Å². The predicted octanol–water partition coefficient (Wildman–Crippen LogP) is 10.3. The van der Waals surface area contributed by atoms with E-state index in [4.69, 9.17) is 0 Å². The third kappa shape index (κ3) is 6.44. The van der Waals surface area contributed by atoms with Gasteiger partial charge in [0.25, 0.3) is 0 Å². The van der Waals surface area contributed by atoms with E-state index in [2.05, 4.69) is 182 Å². The fourth-order valence-electron chi connectivity index (χ4n) is 7.88. The first kappa shape index (κ1) is 32.2. The van der Waals surface area contributed by atoms with Gasteiger partial charge in [0, 0.05) is 46.0 Å². The average Bonchev–Trinajstić information content (AvgIpc) is 3.09. The number of hydrogen-bond acceptors (Lipinski definition) is 0. The number of hydrogen-bond donors (Lipinski definition) is 0. The zero-order valence-corrected chi connectivity index (χ0v) is 28.1. The van der Waals surface area contributed by atoms with Crippen molar-refractivity contribution >= 4 is 29.6 Å². The van der Waals surface area contributed by atoms with Crippen LogP contribution in [-0.4, -0.2) is 29.6 Å². The van der Waals surface area contributed by atoms with Gasteiger partial charge in [0.1, 0.15) is 0 Å². The van der Waals surface area contributed by atoms with Crippen molar-refractivity contribution in [3.05, 3.63) is 215 Å². The second-order valence-corrected chi connectivity index (χ2v) is 11.6. The van der Waals surface area contributed by atoms with E-state index in [9.17, 15) is 0 Å². The molecule has 44 heavy (non-hydrogen) atoms. The van der Waals surface area contributed by atoms with Crippen molar-refractivity contribution < 1.29 is 16.5 Å². The van der Waals surface area contributed by atoms with Gasteiger partial charge in [-0.15, -0.1) is 0 Å². The SMILES string of the molecule is [Na].[Ni].c1ccc(C2C(c3ccccc3)C(c3ccccc3)C(c3ccccc3)C(c3ccccc3)C2c2ccccc2)cc1. The maximum atomic E-state index is 2.36. The third-order valence-electron chi connectivity index (χ3n) is 9.43. The van der Waals surface area contributed by atoms with Gasteiger partial charge >= 0.3 is 0 Å². The van der Waals surface area contributed by atoms with Crippen molar-refractivity contribution in [3.8, 4) is 0 Å². The van der Waals surface area contributed by atoms with Crippen molar-refractivity contribution in [2.24, 2.45) is 0 Å². The minimum Gasteiger partial charge on any atom is -0.0622 e. The van der Waals surface area contributed by atoms with Crippen LogP contribution in [-0.2, 0) is 16.5 Å². The Kier molecular flexibility index (Phi) is 11.1. The molecule has 1 aliphatic carbocycles. The van der Waals surface area contributed by atoms with E-state index in [-0.39, 0.29) is 81.6 Å². The van der Waals surface area contributed by atoms with Crippen LogP contribution in [0.2, 0.25) is 0 Å². The summed E-state index contributed by atoms with van der Waals surface area (Å²) in [6, 6.07) is 67.9. The van der Waals surface area contributed by atoms with Gasteiger partial charge in [-0.2, -0.15) is 0 Å². The molecule has 0 nitrogen and oxygen atoms in total. The van der Waals surface area contributed by atoms with Crippen molar-refractivity contribution in [3.63, 3.8) is 0 Å². The van der Waals surface area contributed by atoms with E-state index in [1.165, 1.54) is 33.4 Å². The van der Waals surface area contributed by atoms with Crippen LogP contribution < -0.4 is 0 Å². The quantitative estimate of drug-likeness (QED) is 0.162. The van der Waals surface area contributed by atoms with Crippen LogP contribution in [0.4, 0.5) is 0 Å². The monoisotopic (exact) mass is 621 g/mol. The van der Waals surface area contributed by atoms with E-state index in [1.807, 2.05) is 0 Å². The predicted molar refractivity (Wildman–Crippen MR) is 181 cm³/mol.